The Bertz CT molecular complexity index is 1020. The Hall–Kier alpha value is -3.43. The number of rotatable bonds is 5. The second-order valence-electron chi connectivity index (χ2n) is 5.78. The monoisotopic (exact) mass is 346 g/mol. The van der Waals surface area contributed by atoms with Gasteiger partial charge < -0.3 is 9.84 Å². The number of hydrogen-bond donors (Lipinski definition) is 2. The molecule has 0 saturated carbocycles. The van der Waals surface area contributed by atoms with Gasteiger partial charge in [-0.1, -0.05) is 30.3 Å². The summed E-state index contributed by atoms with van der Waals surface area (Å²) in [6, 6.07) is 15.1. The Morgan fingerprint density at radius 3 is 2.88 bits per heavy atom. The first kappa shape index (κ1) is 17.4. The molecule has 130 valence electrons. The predicted molar refractivity (Wildman–Crippen MR) is 101 cm³/mol. The molecule has 0 amide bonds. The largest absolute Gasteiger partial charge is 0.507 e. The van der Waals surface area contributed by atoms with Gasteiger partial charge in [0.1, 0.15) is 17.4 Å². The smallest absolute Gasteiger partial charge is 0.164 e. The van der Waals surface area contributed by atoms with Crippen LogP contribution in [0.3, 0.4) is 0 Å². The fourth-order valence-corrected chi connectivity index (χ4v) is 2.79. The van der Waals surface area contributed by atoms with Gasteiger partial charge in [0.25, 0.3) is 0 Å². The molecule has 0 atom stereocenters. The van der Waals surface area contributed by atoms with Crippen LogP contribution in [0.15, 0.2) is 47.6 Å². The summed E-state index contributed by atoms with van der Waals surface area (Å²) in [6.45, 7) is 2.15. The minimum absolute atomic E-state index is 0.132. The zero-order chi connectivity index (χ0) is 18.5. The molecule has 6 heteroatoms. The fraction of sp³-hybridized carbons (Fsp3) is 0.150. The maximum atomic E-state index is 10.2. The highest BCUT2D eigenvalue weighted by Gasteiger charge is 2.11. The van der Waals surface area contributed by atoms with Crippen molar-refractivity contribution < 1.29 is 9.84 Å². The van der Waals surface area contributed by atoms with Gasteiger partial charge in [0, 0.05) is 23.9 Å². The van der Waals surface area contributed by atoms with Gasteiger partial charge in [-0.3, -0.25) is 5.43 Å². The quantitative estimate of drug-likeness (QED) is 0.543. The van der Waals surface area contributed by atoms with Crippen molar-refractivity contribution in [2.45, 2.75) is 13.5 Å². The number of nitrogens with one attached hydrogen (secondary N) is 1. The summed E-state index contributed by atoms with van der Waals surface area (Å²) < 4.78 is 5.14. The molecule has 0 radical (unpaired) electrons. The number of aromatic hydroxyl groups is 1. The first-order chi connectivity index (χ1) is 12.6. The topological polar surface area (TPSA) is 90.5 Å². The van der Waals surface area contributed by atoms with Crippen molar-refractivity contribution in [3.63, 3.8) is 0 Å². The van der Waals surface area contributed by atoms with Crippen LogP contribution in [0.1, 0.15) is 22.4 Å². The van der Waals surface area contributed by atoms with Crippen molar-refractivity contribution in [1.82, 2.24) is 4.98 Å². The number of aryl methyl sites for hydroxylation is 1. The first-order valence-corrected chi connectivity index (χ1v) is 8.03. The maximum Gasteiger partial charge on any atom is 0.164 e. The van der Waals surface area contributed by atoms with Crippen LogP contribution in [0.25, 0.3) is 10.8 Å². The fourth-order valence-electron chi connectivity index (χ4n) is 2.79. The molecule has 0 aliphatic carbocycles. The lowest BCUT2D eigenvalue weighted by Crippen LogP contribution is -2.03. The number of ether oxygens (including phenoxy) is 1. The van der Waals surface area contributed by atoms with Gasteiger partial charge in [0.2, 0.25) is 0 Å². The number of aromatic nitrogens is 1. The van der Waals surface area contributed by atoms with Crippen molar-refractivity contribution in [1.29, 1.82) is 5.26 Å². The van der Waals surface area contributed by atoms with E-state index in [-0.39, 0.29) is 5.75 Å². The lowest BCUT2D eigenvalue weighted by Gasteiger charge is -2.09. The molecule has 0 saturated heterocycles. The summed E-state index contributed by atoms with van der Waals surface area (Å²) in [5, 5.41) is 25.7. The van der Waals surface area contributed by atoms with E-state index >= 15 is 0 Å². The van der Waals surface area contributed by atoms with Crippen LogP contribution in [0, 0.1) is 18.3 Å². The molecule has 0 aliphatic rings. The van der Waals surface area contributed by atoms with E-state index in [9.17, 15) is 10.4 Å². The molecule has 3 rings (SSSR count). The molecule has 3 aromatic rings. The zero-order valence-electron chi connectivity index (χ0n) is 14.5. The lowest BCUT2D eigenvalue weighted by atomic mass is 10.0. The summed E-state index contributed by atoms with van der Waals surface area (Å²) >= 11 is 0. The molecule has 0 spiro atoms. The Kier molecular flexibility index (Phi) is 5.11. The van der Waals surface area contributed by atoms with E-state index in [1.807, 2.05) is 43.3 Å². The van der Waals surface area contributed by atoms with E-state index in [1.165, 1.54) is 6.21 Å². The van der Waals surface area contributed by atoms with Gasteiger partial charge in [0.05, 0.1) is 12.8 Å². The number of hydrazone groups is 1. The predicted octanol–water partition coefficient (Wildman–Crippen LogP) is 3.71. The second-order valence-corrected chi connectivity index (χ2v) is 5.78. The minimum atomic E-state index is 0.132. The van der Waals surface area contributed by atoms with Gasteiger partial charge in [-0.2, -0.15) is 10.4 Å². The molecule has 0 unspecified atom stereocenters. The number of nitrogens with zero attached hydrogens (tertiary/aromatic N) is 3. The normalized spacial score (nSPS) is 11.0. The van der Waals surface area contributed by atoms with E-state index in [2.05, 4.69) is 21.6 Å². The average Bonchev–Trinajstić information content (AvgIpc) is 2.63. The highest BCUT2D eigenvalue weighted by atomic mass is 16.5. The van der Waals surface area contributed by atoms with E-state index in [0.717, 1.165) is 22.0 Å². The van der Waals surface area contributed by atoms with Gasteiger partial charge >= 0.3 is 0 Å². The highest BCUT2D eigenvalue weighted by molar-refractivity contribution is 6.02. The number of pyridine rings is 1. The van der Waals surface area contributed by atoms with E-state index in [0.29, 0.717) is 23.6 Å². The third-order valence-corrected chi connectivity index (χ3v) is 3.95. The number of hydrogen-bond acceptors (Lipinski definition) is 6. The molecular weight excluding hydrogens is 328 g/mol. The Balaban J connectivity index is 1.95. The molecule has 2 aromatic carbocycles. The molecule has 26 heavy (non-hydrogen) atoms. The molecule has 6 nitrogen and oxygen atoms in total. The van der Waals surface area contributed by atoms with Crippen molar-refractivity contribution in [2.75, 3.05) is 12.5 Å². The molecule has 0 bridgehead atoms. The summed E-state index contributed by atoms with van der Waals surface area (Å²) in [5.41, 5.74) is 5.29. The molecule has 1 heterocycles. The first-order valence-electron chi connectivity index (χ1n) is 8.03. The van der Waals surface area contributed by atoms with Crippen LogP contribution >= 0.6 is 0 Å². The van der Waals surface area contributed by atoms with E-state index < -0.39 is 0 Å². The van der Waals surface area contributed by atoms with Crippen molar-refractivity contribution in [3.05, 3.63) is 64.8 Å². The third-order valence-electron chi connectivity index (χ3n) is 3.95. The Morgan fingerprint density at radius 2 is 2.12 bits per heavy atom. The van der Waals surface area contributed by atoms with Crippen LogP contribution in [-0.2, 0) is 11.3 Å². The van der Waals surface area contributed by atoms with E-state index in [4.69, 9.17) is 4.74 Å². The summed E-state index contributed by atoms with van der Waals surface area (Å²) in [4.78, 5) is 4.34. The minimum Gasteiger partial charge on any atom is -0.507 e. The summed E-state index contributed by atoms with van der Waals surface area (Å²) in [5.74, 6) is 0.488. The standard InChI is InChI=1S/C20H18N4O2/c1-13-9-15(12-26-2)17(10-21)20(23-13)24-22-11-18-16-6-4-3-5-14(16)7-8-19(18)25/h3-9,11,25H,12H2,1-2H3,(H,23,24). The van der Waals surface area contributed by atoms with Crippen molar-refractivity contribution in [3.8, 4) is 11.8 Å². The van der Waals surface area contributed by atoms with Crippen LogP contribution in [0.5, 0.6) is 5.75 Å². The maximum absolute atomic E-state index is 10.2. The van der Waals surface area contributed by atoms with Gasteiger partial charge in [-0.25, -0.2) is 4.98 Å². The number of phenols is 1. The Morgan fingerprint density at radius 1 is 1.31 bits per heavy atom. The highest BCUT2D eigenvalue weighted by Crippen LogP contribution is 2.25. The number of fused-ring (bicyclic) bond motifs is 1. The van der Waals surface area contributed by atoms with Crippen molar-refractivity contribution in [2.24, 2.45) is 5.10 Å². The van der Waals surface area contributed by atoms with Crippen LogP contribution in [-0.4, -0.2) is 23.4 Å². The molecule has 1 aromatic heterocycles. The average molecular weight is 346 g/mol. The van der Waals surface area contributed by atoms with Crippen LogP contribution in [0.4, 0.5) is 5.82 Å². The molecule has 0 fully saturated rings. The number of anilines is 1. The number of phenolic OH excluding ortho intramolecular Hbond substituents is 1. The van der Waals surface area contributed by atoms with Crippen molar-refractivity contribution >= 4 is 22.8 Å². The number of methoxy groups -OCH3 is 1. The van der Waals surface area contributed by atoms with Gasteiger partial charge in [-0.15, -0.1) is 0 Å². The summed E-state index contributed by atoms with van der Waals surface area (Å²) in [7, 11) is 1.57. The Labute approximate surface area is 151 Å². The summed E-state index contributed by atoms with van der Waals surface area (Å²) in [6.07, 6.45) is 1.53. The third kappa shape index (κ3) is 3.48. The van der Waals surface area contributed by atoms with Crippen LogP contribution < -0.4 is 5.43 Å². The van der Waals surface area contributed by atoms with Gasteiger partial charge in [0.15, 0.2) is 5.82 Å². The zero-order valence-corrected chi connectivity index (χ0v) is 14.5. The molecule has 2 N–H and O–H groups in total. The lowest BCUT2D eigenvalue weighted by molar-refractivity contribution is 0.184. The number of nitriles is 1. The number of benzene rings is 2. The second kappa shape index (κ2) is 7.64. The molecular formula is C20H18N4O2. The van der Waals surface area contributed by atoms with E-state index in [1.54, 1.807) is 13.2 Å². The SMILES string of the molecule is COCc1cc(C)nc(NN=Cc2c(O)ccc3ccccc23)c1C#N. The van der Waals surface area contributed by atoms with Crippen LogP contribution in [0.2, 0.25) is 0 Å². The van der Waals surface area contributed by atoms with Gasteiger partial charge in [-0.05, 0) is 29.8 Å². The molecule has 0 aliphatic heterocycles.